The smallest absolute Gasteiger partial charge is 0.136 e. The molecule has 0 aromatic carbocycles. The molecule has 2 aromatic rings. The summed E-state index contributed by atoms with van der Waals surface area (Å²) in [7, 11) is 0. The van der Waals surface area contributed by atoms with Crippen molar-refractivity contribution in [2.24, 2.45) is 0 Å². The first-order chi connectivity index (χ1) is 8.08. The van der Waals surface area contributed by atoms with Gasteiger partial charge in [0.25, 0.3) is 0 Å². The maximum absolute atomic E-state index is 9.08. The molecule has 1 atom stereocenters. The van der Waals surface area contributed by atoms with E-state index in [9.17, 15) is 0 Å². The van der Waals surface area contributed by atoms with Crippen molar-refractivity contribution >= 4 is 11.6 Å². The van der Waals surface area contributed by atoms with Gasteiger partial charge >= 0.3 is 0 Å². The molecular weight excluding hydrogens is 236 g/mol. The van der Waals surface area contributed by atoms with E-state index in [2.05, 4.69) is 21.7 Å². The number of pyridine rings is 1. The molecule has 0 fully saturated rings. The Balaban J connectivity index is 2.30. The molecule has 0 aliphatic heterocycles. The zero-order valence-electron chi connectivity index (χ0n) is 9.89. The molecule has 0 saturated carbocycles. The first-order valence-corrected chi connectivity index (χ1v) is 5.94. The third-order valence-corrected chi connectivity index (χ3v) is 2.87. The molecule has 0 aliphatic rings. The van der Waals surface area contributed by atoms with E-state index in [0.29, 0.717) is 6.42 Å². The number of aromatic nitrogens is 2. The molecule has 2 heterocycles. The topological polar surface area (TPSA) is 38.0 Å². The normalized spacial score (nSPS) is 12.7. The first kappa shape index (κ1) is 12.1. The summed E-state index contributed by atoms with van der Waals surface area (Å²) in [5.74, 6) is 0.887. The van der Waals surface area contributed by atoms with E-state index >= 15 is 0 Å². The van der Waals surface area contributed by atoms with Crippen molar-refractivity contribution in [1.82, 2.24) is 9.55 Å². The van der Waals surface area contributed by atoms with E-state index in [4.69, 9.17) is 16.7 Å². The maximum Gasteiger partial charge on any atom is 0.136 e. The second-order valence-electron chi connectivity index (χ2n) is 4.11. The van der Waals surface area contributed by atoms with Crippen LogP contribution in [-0.4, -0.2) is 20.2 Å². The Morgan fingerprint density at radius 3 is 2.35 bits per heavy atom. The fourth-order valence-corrected chi connectivity index (χ4v) is 2.07. The SMILES string of the molecule is Cc1ccc(C)n1-c1ccc(C[C@H](O)Cl)cn1. The van der Waals surface area contributed by atoms with Crippen molar-refractivity contribution in [2.45, 2.75) is 25.8 Å². The Morgan fingerprint density at radius 2 is 1.88 bits per heavy atom. The van der Waals surface area contributed by atoms with Gasteiger partial charge in [-0.15, -0.1) is 0 Å². The molecule has 4 heteroatoms. The molecule has 0 radical (unpaired) electrons. The van der Waals surface area contributed by atoms with E-state index in [1.165, 1.54) is 0 Å². The number of aryl methyl sites for hydroxylation is 2. The van der Waals surface area contributed by atoms with Crippen LogP contribution in [-0.2, 0) is 6.42 Å². The predicted molar refractivity (Wildman–Crippen MR) is 68.6 cm³/mol. The van der Waals surface area contributed by atoms with Crippen molar-refractivity contribution in [2.75, 3.05) is 0 Å². The summed E-state index contributed by atoms with van der Waals surface area (Å²) < 4.78 is 2.08. The van der Waals surface area contributed by atoms with Gasteiger partial charge in [0.1, 0.15) is 11.4 Å². The number of aliphatic hydroxyl groups is 1. The van der Waals surface area contributed by atoms with E-state index in [0.717, 1.165) is 22.8 Å². The van der Waals surface area contributed by atoms with Crippen molar-refractivity contribution in [3.05, 3.63) is 47.4 Å². The van der Waals surface area contributed by atoms with Gasteiger partial charge < -0.3 is 9.67 Å². The minimum absolute atomic E-state index is 0.415. The van der Waals surface area contributed by atoms with Crippen LogP contribution in [0.4, 0.5) is 0 Å². The molecule has 0 amide bonds. The second kappa shape index (κ2) is 4.90. The number of nitrogens with zero attached hydrogens (tertiary/aromatic N) is 2. The van der Waals surface area contributed by atoms with Crippen LogP contribution in [0.15, 0.2) is 30.5 Å². The van der Waals surface area contributed by atoms with Crippen molar-refractivity contribution in [3.63, 3.8) is 0 Å². The van der Waals surface area contributed by atoms with E-state index in [-0.39, 0.29) is 0 Å². The average molecular weight is 251 g/mol. The van der Waals surface area contributed by atoms with Crippen LogP contribution in [0.3, 0.4) is 0 Å². The van der Waals surface area contributed by atoms with E-state index in [1.54, 1.807) is 6.20 Å². The molecule has 2 aromatic heterocycles. The number of hydrogen-bond donors (Lipinski definition) is 1. The highest BCUT2D eigenvalue weighted by Gasteiger charge is 2.06. The Kier molecular flexibility index (Phi) is 3.50. The lowest BCUT2D eigenvalue weighted by Crippen LogP contribution is -2.04. The molecular formula is C13H15ClN2O. The van der Waals surface area contributed by atoms with Gasteiger partial charge in [-0.3, -0.25) is 0 Å². The Bertz CT molecular complexity index is 483. The molecule has 0 bridgehead atoms. The summed E-state index contributed by atoms with van der Waals surface area (Å²) in [5, 5.41) is 9.08. The van der Waals surface area contributed by atoms with Gasteiger partial charge in [0.2, 0.25) is 0 Å². The zero-order valence-corrected chi connectivity index (χ0v) is 10.6. The summed E-state index contributed by atoms with van der Waals surface area (Å²) in [6, 6.07) is 8.00. The van der Waals surface area contributed by atoms with E-state index in [1.807, 2.05) is 26.0 Å². The number of halogens is 1. The predicted octanol–water partition coefficient (Wildman–Crippen LogP) is 2.59. The quantitative estimate of drug-likeness (QED) is 0.851. The van der Waals surface area contributed by atoms with Gasteiger partial charge in [-0.2, -0.15) is 0 Å². The fraction of sp³-hybridized carbons (Fsp3) is 0.308. The highest BCUT2D eigenvalue weighted by atomic mass is 35.5. The standard InChI is InChI=1S/C13H15ClN2O/c1-9-3-4-10(2)16(9)13-6-5-11(8-15-13)7-12(14)17/h3-6,8,12,17H,7H2,1-2H3/t12-/m0/s1. The second-order valence-corrected chi connectivity index (χ2v) is 4.62. The largest absolute Gasteiger partial charge is 0.377 e. The van der Waals surface area contributed by atoms with Gasteiger partial charge in [0.05, 0.1) is 0 Å². The molecule has 90 valence electrons. The highest BCUT2D eigenvalue weighted by molar-refractivity contribution is 6.19. The van der Waals surface area contributed by atoms with Gasteiger partial charge in [0.15, 0.2) is 0 Å². The fourth-order valence-electron chi connectivity index (χ4n) is 1.89. The number of hydrogen-bond acceptors (Lipinski definition) is 2. The van der Waals surface area contributed by atoms with Gasteiger partial charge in [-0.1, -0.05) is 17.7 Å². The number of alkyl halides is 1. The van der Waals surface area contributed by atoms with Crippen LogP contribution in [0.5, 0.6) is 0 Å². The van der Waals surface area contributed by atoms with Gasteiger partial charge in [-0.05, 0) is 37.6 Å². The van der Waals surface area contributed by atoms with Crippen molar-refractivity contribution < 1.29 is 5.11 Å². The molecule has 0 saturated heterocycles. The minimum Gasteiger partial charge on any atom is -0.377 e. The van der Waals surface area contributed by atoms with Crippen LogP contribution in [0.25, 0.3) is 5.82 Å². The monoisotopic (exact) mass is 250 g/mol. The van der Waals surface area contributed by atoms with E-state index < -0.39 is 5.56 Å². The highest BCUT2D eigenvalue weighted by Crippen LogP contribution is 2.15. The maximum atomic E-state index is 9.08. The average Bonchev–Trinajstić information content (AvgIpc) is 2.59. The lowest BCUT2D eigenvalue weighted by atomic mass is 10.2. The third kappa shape index (κ3) is 2.68. The van der Waals surface area contributed by atoms with Crippen molar-refractivity contribution in [1.29, 1.82) is 0 Å². The van der Waals surface area contributed by atoms with Crippen LogP contribution in [0, 0.1) is 13.8 Å². The summed E-state index contributed by atoms with van der Waals surface area (Å²) >= 11 is 5.52. The Hall–Kier alpha value is -1.32. The summed E-state index contributed by atoms with van der Waals surface area (Å²) in [4.78, 5) is 4.39. The number of rotatable bonds is 3. The Morgan fingerprint density at radius 1 is 1.24 bits per heavy atom. The van der Waals surface area contributed by atoms with Crippen LogP contribution >= 0.6 is 11.6 Å². The number of aliphatic hydroxyl groups excluding tert-OH is 1. The zero-order chi connectivity index (χ0) is 12.4. The van der Waals surface area contributed by atoms with Crippen molar-refractivity contribution in [3.8, 4) is 5.82 Å². The lowest BCUT2D eigenvalue weighted by Gasteiger charge is -2.09. The molecule has 0 aliphatic carbocycles. The molecule has 1 N–H and O–H groups in total. The lowest BCUT2D eigenvalue weighted by molar-refractivity contribution is 0.257. The summed E-state index contributed by atoms with van der Waals surface area (Å²) in [6.45, 7) is 4.09. The molecule has 17 heavy (non-hydrogen) atoms. The molecule has 0 spiro atoms. The Labute approximate surface area is 106 Å². The van der Waals surface area contributed by atoms with Gasteiger partial charge in [0, 0.05) is 24.0 Å². The summed E-state index contributed by atoms with van der Waals surface area (Å²) in [6.07, 6.45) is 2.16. The molecule has 3 nitrogen and oxygen atoms in total. The van der Waals surface area contributed by atoms with Crippen LogP contribution in [0.1, 0.15) is 17.0 Å². The molecule has 0 unspecified atom stereocenters. The summed E-state index contributed by atoms with van der Waals surface area (Å²) in [5.41, 5.74) is 2.39. The first-order valence-electron chi connectivity index (χ1n) is 5.50. The van der Waals surface area contributed by atoms with Crippen LogP contribution < -0.4 is 0 Å². The molecule has 2 rings (SSSR count). The van der Waals surface area contributed by atoms with Gasteiger partial charge in [-0.25, -0.2) is 4.98 Å². The third-order valence-electron chi connectivity index (χ3n) is 2.71. The van der Waals surface area contributed by atoms with Crippen LogP contribution in [0.2, 0.25) is 0 Å². The minimum atomic E-state index is -0.849.